The van der Waals surface area contributed by atoms with Crippen LogP contribution in [0, 0.1) is 0 Å². The van der Waals surface area contributed by atoms with Crippen molar-refractivity contribution in [2.24, 2.45) is 0 Å². The maximum atomic E-state index is 11.9. The summed E-state index contributed by atoms with van der Waals surface area (Å²) in [6.45, 7) is 0.648. The quantitative estimate of drug-likeness (QED) is 0.602. The van der Waals surface area contributed by atoms with Crippen LogP contribution in [0.4, 0.5) is 4.79 Å². The average Bonchev–Trinajstić information content (AvgIpc) is 2.38. The summed E-state index contributed by atoms with van der Waals surface area (Å²) in [5.41, 5.74) is -0.548. The van der Waals surface area contributed by atoms with Gasteiger partial charge in [-0.1, -0.05) is 19.3 Å². The van der Waals surface area contributed by atoms with Crippen LogP contribution in [-0.2, 0) is 4.79 Å². The molecule has 0 heterocycles. The first kappa shape index (κ1) is 17.1. The number of carbonyl (C=O) groups is 2. The number of hydrogen-bond donors (Lipinski definition) is 3. The third-order valence-corrected chi connectivity index (χ3v) is 4.44. The van der Waals surface area contributed by atoms with Gasteiger partial charge in [0.25, 0.3) is 0 Å². The molecule has 0 spiro atoms. The lowest BCUT2D eigenvalue weighted by atomic mass is 9.79. The molecular weight excluding hydrogens is 276 g/mol. The van der Waals surface area contributed by atoms with Crippen LogP contribution in [0.3, 0.4) is 0 Å². The summed E-state index contributed by atoms with van der Waals surface area (Å²) >= 11 is 1.80. The van der Waals surface area contributed by atoms with E-state index in [1.165, 1.54) is 0 Å². The zero-order valence-corrected chi connectivity index (χ0v) is 13.1. The molecule has 1 aliphatic rings. The minimum atomic E-state index is -0.841. The number of carbonyl (C=O) groups excluding carboxylic acids is 1. The molecular formula is C14H26N2O3S. The molecule has 5 nitrogen and oxygen atoms in total. The van der Waals surface area contributed by atoms with E-state index in [9.17, 15) is 9.59 Å². The maximum absolute atomic E-state index is 11.9. The standard InChI is InChI=1S/C14H26N2O3S/c1-20-10-6-5-9-15-13(19)16-14(11-12(17)18)7-3-2-4-8-14/h2-11H2,1H3,(H,17,18)(H2,15,16,19). The molecule has 1 rings (SSSR count). The number of rotatable bonds is 8. The third kappa shape index (κ3) is 6.50. The highest BCUT2D eigenvalue weighted by atomic mass is 32.2. The topological polar surface area (TPSA) is 78.4 Å². The molecule has 0 aromatic rings. The van der Waals surface area contributed by atoms with Crippen LogP contribution in [-0.4, -0.2) is 41.2 Å². The highest BCUT2D eigenvalue weighted by molar-refractivity contribution is 7.98. The van der Waals surface area contributed by atoms with E-state index < -0.39 is 11.5 Å². The molecule has 1 aliphatic carbocycles. The second-order valence-electron chi connectivity index (χ2n) is 5.49. The van der Waals surface area contributed by atoms with Crippen molar-refractivity contribution in [3.63, 3.8) is 0 Å². The maximum Gasteiger partial charge on any atom is 0.315 e. The predicted octanol–water partition coefficient (Wildman–Crippen LogP) is 2.61. The van der Waals surface area contributed by atoms with Crippen molar-refractivity contribution in [1.29, 1.82) is 0 Å². The largest absolute Gasteiger partial charge is 0.481 e. The number of carboxylic acid groups (broad SMARTS) is 1. The molecule has 0 bridgehead atoms. The molecule has 0 aromatic heterocycles. The Labute approximate surface area is 125 Å². The third-order valence-electron chi connectivity index (χ3n) is 3.74. The molecule has 0 aromatic carbocycles. The number of hydrogen-bond acceptors (Lipinski definition) is 3. The summed E-state index contributed by atoms with van der Waals surface area (Å²) in [4.78, 5) is 22.9. The van der Waals surface area contributed by atoms with Crippen LogP contribution < -0.4 is 10.6 Å². The molecule has 1 saturated carbocycles. The number of unbranched alkanes of at least 4 members (excludes halogenated alkanes) is 1. The van der Waals surface area contributed by atoms with E-state index in [-0.39, 0.29) is 12.5 Å². The smallest absolute Gasteiger partial charge is 0.315 e. The van der Waals surface area contributed by atoms with Gasteiger partial charge in [0.05, 0.1) is 12.0 Å². The molecule has 3 N–H and O–H groups in total. The molecule has 6 heteroatoms. The average molecular weight is 302 g/mol. The summed E-state index contributed by atoms with van der Waals surface area (Å²) in [7, 11) is 0. The molecule has 1 fully saturated rings. The fourth-order valence-corrected chi connectivity index (χ4v) is 3.22. The summed E-state index contributed by atoms with van der Waals surface area (Å²) < 4.78 is 0. The van der Waals surface area contributed by atoms with Gasteiger partial charge in [-0.3, -0.25) is 4.79 Å². The number of nitrogens with one attached hydrogen (secondary N) is 2. The monoisotopic (exact) mass is 302 g/mol. The molecule has 20 heavy (non-hydrogen) atoms. The Balaban J connectivity index is 2.36. The summed E-state index contributed by atoms with van der Waals surface area (Å²) in [6, 6.07) is -0.225. The number of urea groups is 1. The van der Waals surface area contributed by atoms with E-state index in [2.05, 4.69) is 16.9 Å². The molecule has 0 radical (unpaired) electrons. The van der Waals surface area contributed by atoms with E-state index in [4.69, 9.17) is 5.11 Å². The predicted molar refractivity (Wildman–Crippen MR) is 82.2 cm³/mol. The van der Waals surface area contributed by atoms with Crippen LogP contribution >= 0.6 is 11.8 Å². The Hall–Kier alpha value is -0.910. The summed E-state index contributed by atoms with van der Waals surface area (Å²) in [5, 5.41) is 14.8. The van der Waals surface area contributed by atoms with Crippen LogP contribution in [0.1, 0.15) is 51.4 Å². The van der Waals surface area contributed by atoms with Crippen molar-refractivity contribution < 1.29 is 14.7 Å². The van der Waals surface area contributed by atoms with Crippen molar-refractivity contribution in [3.8, 4) is 0 Å². The molecule has 0 atom stereocenters. The molecule has 0 unspecified atom stereocenters. The van der Waals surface area contributed by atoms with E-state index >= 15 is 0 Å². The Morgan fingerprint density at radius 2 is 1.90 bits per heavy atom. The zero-order valence-electron chi connectivity index (χ0n) is 12.2. The van der Waals surface area contributed by atoms with Gasteiger partial charge >= 0.3 is 12.0 Å². The van der Waals surface area contributed by atoms with Gasteiger partial charge in [0.2, 0.25) is 0 Å². The fraction of sp³-hybridized carbons (Fsp3) is 0.857. The Morgan fingerprint density at radius 3 is 2.50 bits per heavy atom. The van der Waals surface area contributed by atoms with Crippen LogP contribution in [0.5, 0.6) is 0 Å². The molecule has 116 valence electrons. The Bertz CT molecular complexity index is 318. The minimum absolute atomic E-state index is 0.0207. The lowest BCUT2D eigenvalue weighted by Crippen LogP contribution is -2.54. The highest BCUT2D eigenvalue weighted by Gasteiger charge is 2.35. The lowest BCUT2D eigenvalue weighted by molar-refractivity contribution is -0.139. The van der Waals surface area contributed by atoms with Gasteiger partial charge in [-0.15, -0.1) is 0 Å². The van der Waals surface area contributed by atoms with Crippen molar-refractivity contribution in [3.05, 3.63) is 0 Å². The zero-order chi connectivity index (χ0) is 14.8. The van der Waals surface area contributed by atoms with E-state index in [0.29, 0.717) is 6.54 Å². The molecule has 0 aliphatic heterocycles. The van der Waals surface area contributed by atoms with Gasteiger partial charge in [-0.05, 0) is 37.7 Å². The number of thioether (sulfide) groups is 1. The van der Waals surface area contributed by atoms with Crippen molar-refractivity contribution in [1.82, 2.24) is 10.6 Å². The second kappa shape index (κ2) is 9.10. The Kier molecular flexibility index (Phi) is 7.80. The first-order chi connectivity index (χ1) is 9.58. The normalized spacial score (nSPS) is 17.4. The first-order valence-electron chi connectivity index (χ1n) is 7.35. The van der Waals surface area contributed by atoms with Crippen LogP contribution in [0.25, 0.3) is 0 Å². The second-order valence-corrected chi connectivity index (χ2v) is 6.48. The lowest BCUT2D eigenvalue weighted by Gasteiger charge is -2.36. The number of carboxylic acids is 1. The van der Waals surface area contributed by atoms with Crippen molar-refractivity contribution in [2.75, 3.05) is 18.6 Å². The van der Waals surface area contributed by atoms with Gasteiger partial charge < -0.3 is 15.7 Å². The van der Waals surface area contributed by atoms with E-state index in [1.807, 2.05) is 0 Å². The molecule has 2 amide bonds. The van der Waals surface area contributed by atoms with E-state index in [1.54, 1.807) is 11.8 Å². The number of aliphatic carboxylic acids is 1. The first-order valence-corrected chi connectivity index (χ1v) is 8.74. The Morgan fingerprint density at radius 1 is 1.20 bits per heavy atom. The van der Waals surface area contributed by atoms with Gasteiger partial charge in [0.1, 0.15) is 0 Å². The van der Waals surface area contributed by atoms with Crippen molar-refractivity contribution in [2.45, 2.75) is 56.9 Å². The minimum Gasteiger partial charge on any atom is -0.481 e. The van der Waals surface area contributed by atoms with Crippen LogP contribution in [0.15, 0.2) is 0 Å². The summed E-state index contributed by atoms with van der Waals surface area (Å²) in [5.74, 6) is 0.263. The van der Waals surface area contributed by atoms with Gasteiger partial charge in [0.15, 0.2) is 0 Å². The van der Waals surface area contributed by atoms with Crippen LogP contribution in [0.2, 0.25) is 0 Å². The fourth-order valence-electron chi connectivity index (χ4n) is 2.72. The van der Waals surface area contributed by atoms with Gasteiger partial charge in [0, 0.05) is 6.54 Å². The van der Waals surface area contributed by atoms with E-state index in [0.717, 1.165) is 50.7 Å². The van der Waals surface area contributed by atoms with Gasteiger partial charge in [-0.2, -0.15) is 11.8 Å². The molecule has 0 saturated heterocycles. The van der Waals surface area contributed by atoms with Crippen molar-refractivity contribution >= 4 is 23.8 Å². The highest BCUT2D eigenvalue weighted by Crippen LogP contribution is 2.31. The number of amides is 2. The summed E-state index contributed by atoms with van der Waals surface area (Å²) in [6.07, 6.45) is 8.76. The van der Waals surface area contributed by atoms with Gasteiger partial charge in [-0.25, -0.2) is 4.79 Å². The SMILES string of the molecule is CSCCCCNC(=O)NC1(CC(=O)O)CCCCC1.